The van der Waals surface area contributed by atoms with Crippen molar-refractivity contribution in [2.24, 2.45) is 0 Å². The molecule has 0 aromatic rings. The van der Waals surface area contributed by atoms with Gasteiger partial charge >= 0.3 is 0 Å². The molecule has 0 bridgehead atoms. The van der Waals surface area contributed by atoms with Gasteiger partial charge in [-0.15, -0.1) is 0 Å². The molecular weight excluding hydrogens is 200 g/mol. The maximum Gasteiger partial charge on any atom is 0.237 e. The highest BCUT2D eigenvalue weighted by molar-refractivity contribution is 7.84. The van der Waals surface area contributed by atoms with E-state index in [4.69, 9.17) is 0 Å². The Labute approximate surface area is 87.5 Å². The van der Waals surface area contributed by atoms with Crippen molar-refractivity contribution in [3.63, 3.8) is 0 Å². The standard InChI is InChI=1S/C9H18N2O2S/c1-4-8-10-5-9(12)11(8)6-7(2)14(3)13/h7-8,10H,4-6H2,1-3H3. The van der Waals surface area contributed by atoms with Crippen LogP contribution in [0.2, 0.25) is 0 Å². The van der Waals surface area contributed by atoms with Crippen LogP contribution in [0.15, 0.2) is 0 Å². The zero-order valence-electron chi connectivity index (χ0n) is 8.95. The monoisotopic (exact) mass is 218 g/mol. The van der Waals surface area contributed by atoms with E-state index in [9.17, 15) is 9.00 Å². The Hall–Kier alpha value is -0.420. The van der Waals surface area contributed by atoms with E-state index in [-0.39, 0.29) is 17.3 Å². The fraction of sp³-hybridized carbons (Fsp3) is 0.889. The molecule has 1 aliphatic rings. The van der Waals surface area contributed by atoms with Crippen molar-refractivity contribution in [3.05, 3.63) is 0 Å². The van der Waals surface area contributed by atoms with Gasteiger partial charge in [0.1, 0.15) is 0 Å². The zero-order valence-corrected chi connectivity index (χ0v) is 9.76. The first-order chi connectivity index (χ1) is 6.56. The Kier molecular flexibility index (Phi) is 4.07. The Morgan fingerprint density at radius 3 is 2.86 bits per heavy atom. The molecule has 1 rings (SSSR count). The maximum atomic E-state index is 11.5. The fourth-order valence-electron chi connectivity index (χ4n) is 1.57. The lowest BCUT2D eigenvalue weighted by Gasteiger charge is -2.25. The molecule has 0 radical (unpaired) electrons. The lowest BCUT2D eigenvalue weighted by atomic mass is 10.3. The topological polar surface area (TPSA) is 49.4 Å². The quantitative estimate of drug-likeness (QED) is 0.718. The lowest BCUT2D eigenvalue weighted by molar-refractivity contribution is -0.127. The molecule has 82 valence electrons. The molecule has 1 heterocycles. The molecule has 0 aromatic heterocycles. The Bertz CT molecular complexity index is 245. The summed E-state index contributed by atoms with van der Waals surface area (Å²) in [7, 11) is -0.860. The van der Waals surface area contributed by atoms with E-state index in [2.05, 4.69) is 5.32 Å². The molecule has 3 atom stereocenters. The van der Waals surface area contributed by atoms with Gasteiger partial charge in [0.2, 0.25) is 5.91 Å². The fourth-order valence-corrected chi connectivity index (χ4v) is 1.94. The van der Waals surface area contributed by atoms with E-state index in [1.165, 1.54) is 0 Å². The van der Waals surface area contributed by atoms with Crippen LogP contribution in [0.1, 0.15) is 20.3 Å². The van der Waals surface area contributed by atoms with Crippen LogP contribution in [0.5, 0.6) is 0 Å². The minimum Gasteiger partial charge on any atom is -0.325 e. The molecule has 1 fully saturated rings. The minimum atomic E-state index is -0.860. The van der Waals surface area contributed by atoms with Crippen molar-refractivity contribution in [1.29, 1.82) is 0 Å². The SMILES string of the molecule is CCC1NCC(=O)N1CC(C)S(C)=O. The second kappa shape index (κ2) is 4.89. The summed E-state index contributed by atoms with van der Waals surface area (Å²) in [6.07, 6.45) is 2.71. The van der Waals surface area contributed by atoms with Gasteiger partial charge in [0, 0.05) is 28.9 Å². The van der Waals surface area contributed by atoms with E-state index < -0.39 is 10.8 Å². The normalized spacial score (nSPS) is 26.6. The Morgan fingerprint density at radius 2 is 2.36 bits per heavy atom. The van der Waals surface area contributed by atoms with Crippen molar-refractivity contribution < 1.29 is 9.00 Å². The van der Waals surface area contributed by atoms with E-state index in [0.29, 0.717) is 13.1 Å². The molecule has 0 aliphatic carbocycles. The number of carbonyl (C=O) groups excluding carboxylic acids is 1. The second-order valence-corrected chi connectivity index (χ2v) is 5.46. The van der Waals surface area contributed by atoms with Gasteiger partial charge in [0.15, 0.2) is 0 Å². The summed E-state index contributed by atoms with van der Waals surface area (Å²) in [6.45, 7) is 4.96. The predicted octanol–water partition coefficient (Wildman–Crippen LogP) is -0.0787. The molecule has 1 aliphatic heterocycles. The van der Waals surface area contributed by atoms with Gasteiger partial charge in [-0.3, -0.25) is 14.3 Å². The van der Waals surface area contributed by atoms with Crippen molar-refractivity contribution in [2.45, 2.75) is 31.7 Å². The summed E-state index contributed by atoms with van der Waals surface area (Å²) in [6, 6.07) is 0. The highest BCUT2D eigenvalue weighted by Crippen LogP contribution is 2.10. The number of carbonyl (C=O) groups is 1. The van der Waals surface area contributed by atoms with Gasteiger partial charge in [-0.25, -0.2) is 0 Å². The first-order valence-electron chi connectivity index (χ1n) is 4.91. The number of nitrogens with zero attached hydrogens (tertiary/aromatic N) is 1. The molecule has 1 N–H and O–H groups in total. The van der Waals surface area contributed by atoms with Gasteiger partial charge < -0.3 is 4.90 Å². The van der Waals surface area contributed by atoms with Crippen molar-refractivity contribution in [3.8, 4) is 0 Å². The third kappa shape index (κ3) is 2.54. The van der Waals surface area contributed by atoms with Crippen molar-refractivity contribution in [1.82, 2.24) is 10.2 Å². The Morgan fingerprint density at radius 1 is 1.71 bits per heavy atom. The molecule has 0 spiro atoms. The number of nitrogens with one attached hydrogen (secondary N) is 1. The first kappa shape index (κ1) is 11.7. The smallest absolute Gasteiger partial charge is 0.237 e. The van der Waals surface area contributed by atoms with Gasteiger partial charge in [0.05, 0.1) is 12.7 Å². The third-order valence-corrected chi connectivity index (χ3v) is 3.87. The summed E-state index contributed by atoms with van der Waals surface area (Å²) in [5.74, 6) is 0.120. The average molecular weight is 218 g/mol. The van der Waals surface area contributed by atoms with Crippen molar-refractivity contribution >= 4 is 16.7 Å². The first-order valence-corrected chi connectivity index (χ1v) is 6.53. The highest BCUT2D eigenvalue weighted by atomic mass is 32.2. The van der Waals surface area contributed by atoms with Crippen LogP contribution < -0.4 is 5.32 Å². The van der Waals surface area contributed by atoms with Crippen LogP contribution in [0.4, 0.5) is 0 Å². The summed E-state index contributed by atoms with van der Waals surface area (Å²) in [5, 5.41) is 3.18. The van der Waals surface area contributed by atoms with Crippen LogP contribution >= 0.6 is 0 Å². The van der Waals surface area contributed by atoms with Crippen LogP contribution in [-0.4, -0.2) is 45.8 Å². The average Bonchev–Trinajstić information content (AvgIpc) is 2.47. The van der Waals surface area contributed by atoms with Gasteiger partial charge in [-0.05, 0) is 13.3 Å². The van der Waals surface area contributed by atoms with Gasteiger partial charge in [-0.1, -0.05) is 6.92 Å². The molecule has 14 heavy (non-hydrogen) atoms. The number of rotatable bonds is 4. The van der Waals surface area contributed by atoms with E-state index in [1.54, 1.807) is 11.2 Å². The van der Waals surface area contributed by atoms with Crippen molar-refractivity contribution in [2.75, 3.05) is 19.3 Å². The summed E-state index contributed by atoms with van der Waals surface area (Å²) in [5.41, 5.74) is 0. The summed E-state index contributed by atoms with van der Waals surface area (Å²) >= 11 is 0. The van der Waals surface area contributed by atoms with Gasteiger partial charge in [0.25, 0.3) is 0 Å². The largest absolute Gasteiger partial charge is 0.325 e. The number of hydrogen-bond donors (Lipinski definition) is 1. The van der Waals surface area contributed by atoms with Crippen LogP contribution in [0, 0.1) is 0 Å². The lowest BCUT2D eigenvalue weighted by Crippen LogP contribution is -2.41. The minimum absolute atomic E-state index is 0.0490. The maximum absolute atomic E-state index is 11.5. The molecule has 4 nitrogen and oxygen atoms in total. The van der Waals surface area contributed by atoms with Crippen LogP contribution in [0.3, 0.4) is 0 Å². The number of hydrogen-bond acceptors (Lipinski definition) is 3. The van der Waals surface area contributed by atoms with E-state index >= 15 is 0 Å². The third-order valence-electron chi connectivity index (χ3n) is 2.59. The van der Waals surface area contributed by atoms with Crippen LogP contribution in [0.25, 0.3) is 0 Å². The summed E-state index contributed by atoms with van der Waals surface area (Å²) < 4.78 is 11.2. The Balaban J connectivity index is 2.56. The molecule has 3 unspecified atom stereocenters. The highest BCUT2D eigenvalue weighted by Gasteiger charge is 2.30. The molecular formula is C9H18N2O2S. The van der Waals surface area contributed by atoms with E-state index in [0.717, 1.165) is 6.42 Å². The second-order valence-electron chi connectivity index (χ2n) is 3.66. The van der Waals surface area contributed by atoms with E-state index in [1.807, 2.05) is 13.8 Å². The number of amides is 1. The van der Waals surface area contributed by atoms with Crippen LogP contribution in [-0.2, 0) is 15.6 Å². The molecule has 5 heteroatoms. The summed E-state index contributed by atoms with van der Waals surface area (Å²) in [4.78, 5) is 13.3. The zero-order chi connectivity index (χ0) is 10.7. The molecule has 1 amide bonds. The van der Waals surface area contributed by atoms with Gasteiger partial charge in [-0.2, -0.15) is 0 Å². The molecule has 0 saturated carbocycles. The molecule has 1 saturated heterocycles. The molecule has 0 aromatic carbocycles. The predicted molar refractivity (Wildman–Crippen MR) is 57.3 cm³/mol.